The highest BCUT2D eigenvalue weighted by Gasteiger charge is 2.28. The van der Waals surface area contributed by atoms with E-state index in [9.17, 15) is 4.79 Å². The van der Waals surface area contributed by atoms with E-state index in [2.05, 4.69) is 36.1 Å². The van der Waals surface area contributed by atoms with Crippen molar-refractivity contribution in [2.45, 2.75) is 62.6 Å². The Balaban J connectivity index is 1.18. The van der Waals surface area contributed by atoms with E-state index in [1.165, 1.54) is 42.8 Å². The van der Waals surface area contributed by atoms with Gasteiger partial charge in [-0.3, -0.25) is 4.79 Å². The minimum atomic E-state index is 0.132. The number of piperidine rings is 2. The number of hydrogen-bond acceptors (Lipinski definition) is 5. The second-order valence-corrected chi connectivity index (χ2v) is 10.9. The molecule has 0 radical (unpaired) electrons. The highest BCUT2D eigenvalue weighted by molar-refractivity contribution is 7.98. The number of aromatic nitrogens is 1. The van der Waals surface area contributed by atoms with Crippen LogP contribution in [0.3, 0.4) is 0 Å². The van der Waals surface area contributed by atoms with Crippen molar-refractivity contribution in [1.82, 2.24) is 14.8 Å². The van der Waals surface area contributed by atoms with Crippen LogP contribution in [0.1, 0.15) is 59.5 Å². The van der Waals surface area contributed by atoms with Crippen LogP contribution in [-0.2, 0) is 5.75 Å². The molecular formula is C29H35N3O2S. The summed E-state index contributed by atoms with van der Waals surface area (Å²) in [7, 11) is 0. The first kappa shape index (κ1) is 24.1. The van der Waals surface area contributed by atoms with Gasteiger partial charge in [-0.2, -0.15) is 0 Å². The van der Waals surface area contributed by atoms with Crippen molar-refractivity contribution in [3.8, 4) is 11.5 Å². The molecular weight excluding hydrogens is 454 g/mol. The predicted molar refractivity (Wildman–Crippen MR) is 142 cm³/mol. The van der Waals surface area contributed by atoms with Crippen molar-refractivity contribution < 1.29 is 9.21 Å². The average molecular weight is 490 g/mol. The summed E-state index contributed by atoms with van der Waals surface area (Å²) < 4.78 is 5.97. The van der Waals surface area contributed by atoms with E-state index >= 15 is 0 Å². The van der Waals surface area contributed by atoms with Crippen molar-refractivity contribution in [3.05, 3.63) is 71.1 Å². The molecule has 0 atom stereocenters. The monoisotopic (exact) mass is 489 g/mol. The Morgan fingerprint density at radius 3 is 2.31 bits per heavy atom. The molecule has 35 heavy (non-hydrogen) atoms. The molecule has 0 aliphatic carbocycles. The van der Waals surface area contributed by atoms with Crippen molar-refractivity contribution in [3.63, 3.8) is 0 Å². The molecule has 0 spiro atoms. The van der Waals surface area contributed by atoms with Gasteiger partial charge in [0.05, 0.1) is 5.69 Å². The minimum absolute atomic E-state index is 0.132. The molecule has 2 aliphatic heterocycles. The Hall–Kier alpha value is -2.57. The average Bonchev–Trinajstić information content (AvgIpc) is 3.29. The fraction of sp³-hybridized carbons (Fsp3) is 0.448. The highest BCUT2D eigenvalue weighted by atomic mass is 32.2. The number of hydrogen-bond donors (Lipinski definition) is 0. The largest absolute Gasteiger partial charge is 0.441 e. The number of likely N-dealkylation sites (tertiary alicyclic amines) is 2. The maximum Gasteiger partial charge on any atom is 0.253 e. The van der Waals surface area contributed by atoms with Gasteiger partial charge in [-0.25, -0.2) is 4.98 Å². The summed E-state index contributed by atoms with van der Waals surface area (Å²) >= 11 is 1.76. The Morgan fingerprint density at radius 1 is 0.943 bits per heavy atom. The van der Waals surface area contributed by atoms with Gasteiger partial charge < -0.3 is 14.2 Å². The first-order valence-corrected chi connectivity index (χ1v) is 13.8. The maximum atomic E-state index is 13.1. The predicted octanol–water partition coefficient (Wildman–Crippen LogP) is 6.34. The summed E-state index contributed by atoms with van der Waals surface area (Å²) in [5.74, 6) is 2.36. The molecule has 0 bridgehead atoms. The number of oxazole rings is 1. The Bertz CT molecular complexity index is 1130. The highest BCUT2D eigenvalue weighted by Crippen LogP contribution is 2.28. The summed E-state index contributed by atoms with van der Waals surface area (Å²) in [5, 5.41) is 0. The third-order valence-electron chi connectivity index (χ3n) is 7.33. The molecule has 0 unspecified atom stereocenters. The molecule has 3 aromatic rings. The van der Waals surface area contributed by atoms with Gasteiger partial charge in [0.25, 0.3) is 5.91 Å². The number of aryl methyl sites for hydroxylation is 2. The Morgan fingerprint density at radius 2 is 1.63 bits per heavy atom. The summed E-state index contributed by atoms with van der Waals surface area (Å²) in [6.07, 6.45) is 6.18. The number of rotatable bonds is 6. The quantitative estimate of drug-likeness (QED) is 0.378. The van der Waals surface area contributed by atoms with E-state index in [0.717, 1.165) is 54.3 Å². The Labute approximate surface area is 212 Å². The van der Waals surface area contributed by atoms with Crippen LogP contribution in [0, 0.1) is 13.8 Å². The molecule has 0 saturated carbocycles. The standard InChI is InChI=1S/C29H35N3O2S/c1-21-6-12-26(13-7-21)35-20-27-22(2)34-28(30-27)23-8-10-24(11-9-23)29(33)32-18-14-25(15-19-32)31-16-4-3-5-17-31/h6-13,25H,3-5,14-20H2,1-2H3. The van der Waals surface area contributed by atoms with E-state index in [1.807, 2.05) is 36.1 Å². The molecule has 1 amide bonds. The zero-order chi connectivity index (χ0) is 24.2. The van der Waals surface area contributed by atoms with E-state index in [-0.39, 0.29) is 5.91 Å². The number of nitrogens with zero attached hydrogens (tertiary/aromatic N) is 3. The number of benzene rings is 2. The van der Waals surface area contributed by atoms with Crippen LogP contribution in [0.4, 0.5) is 0 Å². The molecule has 2 fully saturated rings. The molecule has 5 nitrogen and oxygen atoms in total. The summed E-state index contributed by atoms with van der Waals surface area (Å²) in [4.78, 5) is 23.7. The van der Waals surface area contributed by atoms with Crippen LogP contribution in [0.5, 0.6) is 0 Å². The van der Waals surface area contributed by atoms with Gasteiger partial charge in [-0.05, 0) is 89.0 Å². The normalized spacial score (nSPS) is 17.6. The van der Waals surface area contributed by atoms with Gasteiger partial charge in [0.1, 0.15) is 5.76 Å². The second kappa shape index (κ2) is 11.0. The molecule has 0 N–H and O–H groups in total. The number of carbonyl (C=O) groups is 1. The third kappa shape index (κ3) is 5.81. The lowest BCUT2D eigenvalue weighted by atomic mass is 9.99. The first-order valence-electron chi connectivity index (χ1n) is 12.9. The molecule has 6 heteroatoms. The van der Waals surface area contributed by atoms with Gasteiger partial charge in [-0.15, -0.1) is 11.8 Å². The van der Waals surface area contributed by atoms with E-state index in [1.54, 1.807) is 11.8 Å². The van der Waals surface area contributed by atoms with Crippen LogP contribution in [0.15, 0.2) is 57.8 Å². The molecule has 184 valence electrons. The van der Waals surface area contributed by atoms with Crippen molar-refractivity contribution >= 4 is 17.7 Å². The fourth-order valence-corrected chi connectivity index (χ4v) is 6.03. The number of carbonyl (C=O) groups excluding carboxylic acids is 1. The fourth-order valence-electron chi connectivity index (χ4n) is 5.13. The van der Waals surface area contributed by atoms with Crippen LogP contribution in [0.2, 0.25) is 0 Å². The van der Waals surface area contributed by atoms with Gasteiger partial charge >= 0.3 is 0 Å². The Kier molecular flexibility index (Phi) is 7.59. The topological polar surface area (TPSA) is 49.6 Å². The zero-order valence-corrected chi connectivity index (χ0v) is 21.7. The zero-order valence-electron chi connectivity index (χ0n) is 20.8. The first-order chi connectivity index (χ1) is 17.1. The third-order valence-corrected chi connectivity index (χ3v) is 8.35. The lowest BCUT2D eigenvalue weighted by molar-refractivity contribution is 0.0590. The number of amides is 1. The lowest BCUT2D eigenvalue weighted by Gasteiger charge is -2.40. The SMILES string of the molecule is Cc1ccc(SCc2nc(-c3ccc(C(=O)N4CCC(N5CCCCC5)CC4)cc3)oc2C)cc1. The van der Waals surface area contributed by atoms with Crippen LogP contribution in [0.25, 0.3) is 11.5 Å². The maximum absolute atomic E-state index is 13.1. The van der Waals surface area contributed by atoms with Crippen LogP contribution >= 0.6 is 11.8 Å². The molecule has 2 aromatic carbocycles. The number of thioether (sulfide) groups is 1. The molecule has 1 aromatic heterocycles. The van der Waals surface area contributed by atoms with Crippen molar-refractivity contribution in [1.29, 1.82) is 0 Å². The van der Waals surface area contributed by atoms with Crippen molar-refractivity contribution in [2.24, 2.45) is 0 Å². The lowest BCUT2D eigenvalue weighted by Crippen LogP contribution is -2.48. The van der Waals surface area contributed by atoms with Gasteiger partial charge in [-0.1, -0.05) is 24.1 Å². The summed E-state index contributed by atoms with van der Waals surface area (Å²) in [6.45, 7) is 8.22. The minimum Gasteiger partial charge on any atom is -0.441 e. The molecule has 3 heterocycles. The van der Waals surface area contributed by atoms with E-state index in [0.29, 0.717) is 11.9 Å². The molecule has 2 aliphatic rings. The van der Waals surface area contributed by atoms with Crippen molar-refractivity contribution in [2.75, 3.05) is 26.2 Å². The molecule has 2 saturated heterocycles. The smallest absolute Gasteiger partial charge is 0.253 e. The van der Waals surface area contributed by atoms with Gasteiger partial charge in [0.15, 0.2) is 0 Å². The van der Waals surface area contributed by atoms with Crippen LogP contribution < -0.4 is 0 Å². The van der Waals surface area contributed by atoms with Gasteiger partial charge in [0, 0.05) is 40.9 Å². The molecule has 5 rings (SSSR count). The van der Waals surface area contributed by atoms with E-state index < -0.39 is 0 Å². The van der Waals surface area contributed by atoms with Gasteiger partial charge in [0.2, 0.25) is 5.89 Å². The summed E-state index contributed by atoms with van der Waals surface area (Å²) in [5.41, 5.74) is 3.86. The second-order valence-electron chi connectivity index (χ2n) is 9.82. The summed E-state index contributed by atoms with van der Waals surface area (Å²) in [6, 6.07) is 16.9. The van der Waals surface area contributed by atoms with Crippen LogP contribution in [-0.4, -0.2) is 52.9 Å². The van der Waals surface area contributed by atoms with E-state index in [4.69, 9.17) is 9.40 Å².